The van der Waals surface area contributed by atoms with Gasteiger partial charge < -0.3 is 0 Å². The molecule has 1 aromatic heterocycles. The number of hydrogen-bond acceptors (Lipinski definition) is 4. The van der Waals surface area contributed by atoms with Gasteiger partial charge in [0.15, 0.2) is 9.84 Å². The van der Waals surface area contributed by atoms with Crippen LogP contribution < -0.4 is 0 Å². The SMILES string of the molecule is O=S1(=O)CC[C@@H](SCc2ccc(Cl)cc2)c2ccsc21. The minimum absolute atomic E-state index is 0.263. The summed E-state index contributed by atoms with van der Waals surface area (Å²) in [5.41, 5.74) is 2.20. The lowest BCUT2D eigenvalue weighted by Gasteiger charge is -2.22. The first kappa shape index (κ1) is 14.4. The highest BCUT2D eigenvalue weighted by atomic mass is 35.5. The van der Waals surface area contributed by atoms with E-state index >= 15 is 0 Å². The van der Waals surface area contributed by atoms with E-state index in [4.69, 9.17) is 11.6 Å². The van der Waals surface area contributed by atoms with Crippen molar-refractivity contribution >= 4 is 44.5 Å². The Morgan fingerprint density at radius 1 is 1.25 bits per heavy atom. The molecule has 2 aromatic rings. The highest BCUT2D eigenvalue weighted by Crippen LogP contribution is 2.44. The van der Waals surface area contributed by atoms with E-state index < -0.39 is 9.84 Å². The Kier molecular flexibility index (Phi) is 4.13. The van der Waals surface area contributed by atoms with E-state index in [9.17, 15) is 8.42 Å². The van der Waals surface area contributed by atoms with E-state index in [-0.39, 0.29) is 11.0 Å². The van der Waals surface area contributed by atoms with Crippen LogP contribution in [0.15, 0.2) is 39.9 Å². The Morgan fingerprint density at radius 2 is 2.00 bits per heavy atom. The molecule has 1 aliphatic heterocycles. The number of thioether (sulfide) groups is 1. The number of sulfone groups is 1. The average molecular weight is 345 g/mol. The molecule has 0 radical (unpaired) electrons. The maximum Gasteiger partial charge on any atom is 0.188 e. The van der Waals surface area contributed by atoms with E-state index in [0.717, 1.165) is 16.3 Å². The second kappa shape index (κ2) is 5.72. The van der Waals surface area contributed by atoms with Crippen LogP contribution in [0.2, 0.25) is 5.02 Å². The van der Waals surface area contributed by atoms with Gasteiger partial charge in [-0.3, -0.25) is 0 Å². The minimum Gasteiger partial charge on any atom is -0.223 e. The summed E-state index contributed by atoms with van der Waals surface area (Å²) in [6.45, 7) is 0. The summed E-state index contributed by atoms with van der Waals surface area (Å²) in [6.07, 6.45) is 0.699. The fraction of sp³-hybridized carbons (Fsp3) is 0.286. The molecule has 3 rings (SSSR count). The number of fused-ring (bicyclic) bond motifs is 1. The van der Waals surface area contributed by atoms with Crippen LogP contribution >= 0.6 is 34.7 Å². The molecule has 2 nitrogen and oxygen atoms in total. The van der Waals surface area contributed by atoms with Gasteiger partial charge in [-0.1, -0.05) is 23.7 Å². The van der Waals surface area contributed by atoms with Gasteiger partial charge in [0.1, 0.15) is 4.21 Å². The monoisotopic (exact) mass is 344 g/mol. The molecule has 0 N–H and O–H groups in total. The predicted octanol–water partition coefficient (Wildman–Crippen LogP) is 4.55. The van der Waals surface area contributed by atoms with Crippen molar-refractivity contribution in [1.82, 2.24) is 0 Å². The third-order valence-corrected chi connectivity index (χ3v) is 8.29. The van der Waals surface area contributed by atoms with Crippen molar-refractivity contribution in [3.63, 3.8) is 0 Å². The van der Waals surface area contributed by atoms with Crippen LogP contribution in [-0.2, 0) is 15.6 Å². The zero-order valence-corrected chi connectivity index (χ0v) is 13.8. The first-order valence-electron chi connectivity index (χ1n) is 6.22. The van der Waals surface area contributed by atoms with Crippen LogP contribution in [-0.4, -0.2) is 14.2 Å². The molecule has 1 aromatic carbocycles. The van der Waals surface area contributed by atoms with E-state index in [2.05, 4.69) is 0 Å². The Balaban J connectivity index is 1.75. The standard InChI is InChI=1S/C14H13ClO2S3/c15-11-3-1-10(2-4-11)9-19-13-6-8-20(16,17)14-12(13)5-7-18-14/h1-5,7,13H,6,8-9H2/t13-/m1/s1. The summed E-state index contributed by atoms with van der Waals surface area (Å²) in [6, 6.07) is 9.76. The van der Waals surface area contributed by atoms with Crippen molar-refractivity contribution in [2.45, 2.75) is 21.6 Å². The number of halogens is 1. The molecule has 106 valence electrons. The minimum atomic E-state index is -3.03. The summed E-state index contributed by atoms with van der Waals surface area (Å²) in [5.74, 6) is 1.13. The van der Waals surface area contributed by atoms with Gasteiger partial charge in [0.2, 0.25) is 0 Å². The summed E-state index contributed by atoms with van der Waals surface area (Å²) >= 11 is 9.02. The fourth-order valence-corrected chi connectivity index (χ4v) is 6.92. The maximum atomic E-state index is 12.0. The molecule has 2 heterocycles. The van der Waals surface area contributed by atoms with E-state index in [1.165, 1.54) is 16.9 Å². The van der Waals surface area contributed by atoms with Crippen LogP contribution in [0.25, 0.3) is 0 Å². The van der Waals surface area contributed by atoms with Gasteiger partial charge in [-0.05, 0) is 41.1 Å². The van der Waals surface area contributed by atoms with Crippen LogP contribution in [0.3, 0.4) is 0 Å². The lowest BCUT2D eigenvalue weighted by atomic mass is 10.2. The Morgan fingerprint density at radius 3 is 2.75 bits per heavy atom. The van der Waals surface area contributed by atoms with Crippen molar-refractivity contribution in [2.75, 3.05) is 5.75 Å². The molecule has 6 heteroatoms. The van der Waals surface area contributed by atoms with E-state index in [1.54, 1.807) is 11.8 Å². The molecular formula is C14H13ClO2S3. The normalized spacial score (nSPS) is 20.6. The van der Waals surface area contributed by atoms with Crippen molar-refractivity contribution in [1.29, 1.82) is 0 Å². The molecule has 20 heavy (non-hydrogen) atoms. The molecular weight excluding hydrogens is 332 g/mol. The molecule has 0 unspecified atom stereocenters. The number of benzene rings is 1. The quantitative estimate of drug-likeness (QED) is 0.818. The van der Waals surface area contributed by atoms with Gasteiger partial charge in [-0.15, -0.1) is 23.1 Å². The largest absolute Gasteiger partial charge is 0.223 e. The molecule has 0 aliphatic carbocycles. The molecule has 0 bridgehead atoms. The first-order valence-corrected chi connectivity index (χ1v) is 10.2. The molecule has 0 fully saturated rings. The second-order valence-electron chi connectivity index (χ2n) is 4.70. The zero-order chi connectivity index (χ0) is 14.2. The van der Waals surface area contributed by atoms with E-state index in [1.807, 2.05) is 35.7 Å². The lowest BCUT2D eigenvalue weighted by Crippen LogP contribution is -2.16. The van der Waals surface area contributed by atoms with Gasteiger partial charge in [-0.2, -0.15) is 0 Å². The number of rotatable bonds is 3. The van der Waals surface area contributed by atoms with Crippen molar-refractivity contribution in [3.05, 3.63) is 51.9 Å². The molecule has 0 spiro atoms. The van der Waals surface area contributed by atoms with Gasteiger partial charge in [0, 0.05) is 16.0 Å². The summed E-state index contributed by atoms with van der Waals surface area (Å²) in [4.78, 5) is 0. The highest BCUT2D eigenvalue weighted by Gasteiger charge is 2.31. The summed E-state index contributed by atoms with van der Waals surface area (Å²) in [7, 11) is -3.03. The van der Waals surface area contributed by atoms with Crippen LogP contribution in [0.5, 0.6) is 0 Å². The van der Waals surface area contributed by atoms with Crippen molar-refractivity contribution in [3.8, 4) is 0 Å². The Labute approximate surface area is 132 Å². The molecule has 0 amide bonds. The van der Waals surface area contributed by atoms with Gasteiger partial charge >= 0.3 is 0 Å². The maximum absolute atomic E-state index is 12.0. The Hall–Kier alpha value is -0.490. The summed E-state index contributed by atoms with van der Waals surface area (Å²) in [5, 5.41) is 2.89. The smallest absolute Gasteiger partial charge is 0.188 e. The van der Waals surface area contributed by atoms with Crippen LogP contribution in [0, 0.1) is 0 Å². The second-order valence-corrected chi connectivity index (χ2v) is 9.55. The zero-order valence-electron chi connectivity index (χ0n) is 10.6. The van der Waals surface area contributed by atoms with Gasteiger partial charge in [-0.25, -0.2) is 8.42 Å². The number of thiophene rings is 1. The molecule has 0 saturated carbocycles. The fourth-order valence-electron chi connectivity index (χ4n) is 2.26. The number of hydrogen-bond donors (Lipinski definition) is 0. The topological polar surface area (TPSA) is 34.1 Å². The van der Waals surface area contributed by atoms with Crippen molar-refractivity contribution in [2.24, 2.45) is 0 Å². The molecule has 1 atom stereocenters. The average Bonchev–Trinajstić information content (AvgIpc) is 2.91. The van der Waals surface area contributed by atoms with Gasteiger partial charge in [0.25, 0.3) is 0 Å². The van der Waals surface area contributed by atoms with Crippen LogP contribution in [0.4, 0.5) is 0 Å². The molecule has 0 saturated heterocycles. The van der Waals surface area contributed by atoms with Gasteiger partial charge in [0.05, 0.1) is 5.75 Å². The third-order valence-electron chi connectivity index (χ3n) is 3.30. The van der Waals surface area contributed by atoms with E-state index in [0.29, 0.717) is 10.6 Å². The first-order chi connectivity index (χ1) is 9.56. The summed E-state index contributed by atoms with van der Waals surface area (Å²) < 4.78 is 24.5. The predicted molar refractivity (Wildman–Crippen MR) is 86.5 cm³/mol. The van der Waals surface area contributed by atoms with Crippen LogP contribution in [0.1, 0.15) is 22.8 Å². The Bertz CT molecular complexity index is 704. The molecule has 1 aliphatic rings. The highest BCUT2D eigenvalue weighted by molar-refractivity contribution is 7.99. The van der Waals surface area contributed by atoms with Crippen molar-refractivity contribution < 1.29 is 8.42 Å². The third kappa shape index (κ3) is 2.91. The lowest BCUT2D eigenvalue weighted by molar-refractivity contribution is 0.588.